The number of carbonyl (C=O) groups is 1. The van der Waals surface area contributed by atoms with Crippen LogP contribution >= 0.6 is 23.1 Å². The molecule has 4 rings (SSSR count). The number of nitrogens with one attached hydrogen (secondary N) is 1. The maximum absolute atomic E-state index is 13.4. The summed E-state index contributed by atoms with van der Waals surface area (Å²) in [5.41, 5.74) is 0.456. The van der Waals surface area contributed by atoms with E-state index in [2.05, 4.69) is 25.5 Å². The number of nitrogens with zero attached hydrogens (tertiary/aromatic N) is 5. The van der Waals surface area contributed by atoms with Gasteiger partial charge in [0.25, 0.3) is 5.91 Å². The maximum atomic E-state index is 13.4. The number of amides is 1. The highest BCUT2D eigenvalue weighted by atomic mass is 32.2. The molecule has 0 fully saturated rings. The van der Waals surface area contributed by atoms with Gasteiger partial charge in [-0.1, -0.05) is 31.7 Å². The Morgan fingerprint density at radius 1 is 1.20 bits per heavy atom. The quantitative estimate of drug-likeness (QED) is 0.311. The van der Waals surface area contributed by atoms with Crippen molar-refractivity contribution in [3.05, 3.63) is 70.4 Å². The normalized spacial score (nSPS) is 11.7. The fraction of sp³-hybridized carbons (Fsp3) is 0.261. The van der Waals surface area contributed by atoms with Gasteiger partial charge in [0.05, 0.1) is 17.0 Å². The van der Waals surface area contributed by atoms with Crippen LogP contribution in [0.2, 0.25) is 0 Å². The van der Waals surface area contributed by atoms with Crippen LogP contribution in [0.15, 0.2) is 59.3 Å². The van der Waals surface area contributed by atoms with Crippen molar-refractivity contribution in [3.8, 4) is 17.1 Å². The number of hydrogen-bond acceptors (Lipinski definition) is 7. The number of alkyl halides is 3. The average molecular weight is 519 g/mol. The molecule has 0 unspecified atom stereocenters. The summed E-state index contributed by atoms with van der Waals surface area (Å²) in [6.45, 7) is 4.56. The number of aromatic nitrogens is 5. The number of carbonyl (C=O) groups excluding carboxylic acids is 1. The van der Waals surface area contributed by atoms with E-state index in [0.717, 1.165) is 12.1 Å². The van der Waals surface area contributed by atoms with Crippen LogP contribution in [-0.2, 0) is 11.9 Å². The molecule has 0 spiro atoms. The largest absolute Gasteiger partial charge is 0.416 e. The Morgan fingerprint density at radius 3 is 2.74 bits per heavy atom. The number of rotatable bonds is 8. The summed E-state index contributed by atoms with van der Waals surface area (Å²) in [6, 6.07) is 8.48. The van der Waals surface area contributed by atoms with Gasteiger partial charge in [-0.15, -0.1) is 21.5 Å². The lowest BCUT2D eigenvalue weighted by molar-refractivity contribution is -0.137. The first-order valence-corrected chi connectivity index (χ1v) is 12.5. The van der Waals surface area contributed by atoms with Crippen LogP contribution in [0.5, 0.6) is 0 Å². The lowest BCUT2D eigenvalue weighted by Gasteiger charge is -2.13. The lowest BCUT2D eigenvalue weighted by atomic mass is 10.2. The summed E-state index contributed by atoms with van der Waals surface area (Å²) in [5, 5.41) is 14.1. The minimum absolute atomic E-state index is 0.239. The first-order chi connectivity index (χ1) is 16.7. The predicted molar refractivity (Wildman–Crippen MR) is 128 cm³/mol. The van der Waals surface area contributed by atoms with Crippen molar-refractivity contribution >= 4 is 29.0 Å². The first-order valence-electron chi connectivity index (χ1n) is 10.6. The number of hydrogen-bond donors (Lipinski definition) is 1. The Kier molecular flexibility index (Phi) is 7.51. The minimum Gasteiger partial charge on any atom is -0.350 e. The van der Waals surface area contributed by atoms with Crippen molar-refractivity contribution < 1.29 is 18.0 Å². The van der Waals surface area contributed by atoms with Crippen LogP contribution in [-0.4, -0.2) is 37.2 Å². The smallest absolute Gasteiger partial charge is 0.350 e. The predicted octanol–water partition coefficient (Wildman–Crippen LogP) is 5.48. The van der Waals surface area contributed by atoms with Gasteiger partial charge < -0.3 is 5.32 Å². The molecular weight excluding hydrogens is 497 g/mol. The average Bonchev–Trinajstić information content (AvgIpc) is 3.48. The molecule has 12 heteroatoms. The molecule has 0 aliphatic carbocycles. The Morgan fingerprint density at radius 2 is 2.03 bits per heavy atom. The molecule has 0 radical (unpaired) electrons. The lowest BCUT2D eigenvalue weighted by Crippen LogP contribution is -2.27. The molecule has 0 saturated heterocycles. The second-order valence-corrected chi connectivity index (χ2v) is 9.84. The molecule has 1 amide bonds. The van der Waals surface area contributed by atoms with Gasteiger partial charge in [-0.05, 0) is 36.2 Å². The Bertz CT molecular complexity index is 1300. The number of thioether (sulfide) groups is 1. The van der Waals surface area contributed by atoms with E-state index in [1.165, 1.54) is 29.2 Å². The molecule has 4 aromatic rings. The summed E-state index contributed by atoms with van der Waals surface area (Å²) < 4.78 is 41.7. The highest BCUT2D eigenvalue weighted by Crippen LogP contribution is 2.34. The first kappa shape index (κ1) is 24.9. The van der Waals surface area contributed by atoms with Gasteiger partial charge in [0.15, 0.2) is 11.0 Å². The molecule has 1 N–H and O–H groups in total. The van der Waals surface area contributed by atoms with Crippen LogP contribution in [0.1, 0.15) is 34.9 Å². The highest BCUT2D eigenvalue weighted by molar-refractivity contribution is 7.98. The number of pyridine rings is 1. The van der Waals surface area contributed by atoms with E-state index in [-0.39, 0.29) is 11.6 Å². The number of thiazole rings is 1. The van der Waals surface area contributed by atoms with E-state index in [0.29, 0.717) is 45.5 Å². The standard InChI is InChI=1S/C23H21F3N6OS2/c1-14(2)10-28-21(33)18-12-34-19(29-18)13-35-22-31-30-20(15-5-4-8-27-11-15)32(22)17-7-3-6-16(9-17)23(24,25)26/h3-9,11-12,14H,10,13H2,1-2H3,(H,28,33). The van der Waals surface area contributed by atoms with Gasteiger partial charge >= 0.3 is 6.18 Å². The number of benzene rings is 1. The van der Waals surface area contributed by atoms with E-state index >= 15 is 0 Å². The second-order valence-electron chi connectivity index (χ2n) is 7.95. The monoisotopic (exact) mass is 518 g/mol. The minimum atomic E-state index is -4.49. The van der Waals surface area contributed by atoms with Gasteiger partial charge in [0.1, 0.15) is 10.7 Å². The molecule has 0 saturated carbocycles. The molecule has 0 bridgehead atoms. The summed E-state index contributed by atoms with van der Waals surface area (Å²) >= 11 is 2.60. The van der Waals surface area contributed by atoms with Crippen LogP contribution in [0.25, 0.3) is 17.1 Å². The molecule has 0 aliphatic heterocycles. The van der Waals surface area contributed by atoms with Gasteiger partial charge in [-0.2, -0.15) is 13.2 Å². The fourth-order valence-corrected chi connectivity index (χ4v) is 4.84. The van der Waals surface area contributed by atoms with Gasteiger partial charge in [0.2, 0.25) is 0 Å². The van der Waals surface area contributed by atoms with Crippen molar-refractivity contribution in [3.63, 3.8) is 0 Å². The van der Waals surface area contributed by atoms with E-state index in [9.17, 15) is 18.0 Å². The van der Waals surface area contributed by atoms with E-state index in [4.69, 9.17) is 0 Å². The third-order valence-electron chi connectivity index (χ3n) is 4.76. The molecule has 182 valence electrons. The molecule has 35 heavy (non-hydrogen) atoms. The third-order valence-corrected chi connectivity index (χ3v) is 6.74. The Labute approximate surface area is 207 Å². The Balaban J connectivity index is 1.62. The van der Waals surface area contributed by atoms with Crippen molar-refractivity contribution in [2.75, 3.05) is 6.54 Å². The van der Waals surface area contributed by atoms with E-state index in [1.54, 1.807) is 40.5 Å². The molecule has 3 heterocycles. The third kappa shape index (κ3) is 6.06. The van der Waals surface area contributed by atoms with E-state index in [1.807, 2.05) is 13.8 Å². The van der Waals surface area contributed by atoms with Crippen molar-refractivity contribution in [1.29, 1.82) is 0 Å². The summed E-state index contributed by atoms with van der Waals surface area (Å²) in [5.74, 6) is 0.820. The molecule has 3 aromatic heterocycles. The van der Waals surface area contributed by atoms with Crippen molar-refractivity contribution in [2.24, 2.45) is 5.92 Å². The molecule has 0 atom stereocenters. The van der Waals surface area contributed by atoms with Gasteiger partial charge in [-0.25, -0.2) is 4.98 Å². The SMILES string of the molecule is CC(C)CNC(=O)c1csc(CSc2nnc(-c3cccnc3)n2-c2cccc(C(F)(F)F)c2)n1. The summed E-state index contributed by atoms with van der Waals surface area (Å²) in [7, 11) is 0. The molecule has 1 aromatic carbocycles. The van der Waals surface area contributed by atoms with Gasteiger partial charge in [0, 0.05) is 29.9 Å². The second kappa shape index (κ2) is 10.6. The molecule has 0 aliphatic rings. The highest BCUT2D eigenvalue weighted by Gasteiger charge is 2.31. The van der Waals surface area contributed by atoms with Crippen LogP contribution in [0, 0.1) is 5.92 Å². The summed E-state index contributed by atoms with van der Waals surface area (Å²) in [6.07, 6.45) is -1.31. The zero-order valence-electron chi connectivity index (χ0n) is 18.8. The molecular formula is C23H21F3N6OS2. The summed E-state index contributed by atoms with van der Waals surface area (Å²) in [4.78, 5) is 20.7. The van der Waals surface area contributed by atoms with Crippen molar-refractivity contribution in [2.45, 2.75) is 30.9 Å². The zero-order chi connectivity index (χ0) is 25.0. The van der Waals surface area contributed by atoms with Crippen LogP contribution < -0.4 is 5.32 Å². The zero-order valence-corrected chi connectivity index (χ0v) is 20.4. The fourth-order valence-electron chi connectivity index (χ4n) is 3.09. The number of halogens is 3. The topological polar surface area (TPSA) is 85.6 Å². The van der Waals surface area contributed by atoms with Gasteiger partial charge in [-0.3, -0.25) is 14.3 Å². The molecule has 7 nitrogen and oxygen atoms in total. The van der Waals surface area contributed by atoms with E-state index < -0.39 is 11.7 Å². The van der Waals surface area contributed by atoms with Crippen molar-refractivity contribution in [1.82, 2.24) is 30.0 Å². The maximum Gasteiger partial charge on any atom is 0.416 e. The van der Waals surface area contributed by atoms with Crippen LogP contribution in [0.4, 0.5) is 13.2 Å². The Hall–Kier alpha value is -3.25. The van der Waals surface area contributed by atoms with Crippen LogP contribution in [0.3, 0.4) is 0 Å².